The summed E-state index contributed by atoms with van der Waals surface area (Å²) in [4.78, 5) is 2.69. The van der Waals surface area contributed by atoms with Gasteiger partial charge in [0, 0.05) is 38.1 Å². The van der Waals surface area contributed by atoms with Gasteiger partial charge in [-0.2, -0.15) is 5.10 Å². The number of para-hydroxylation sites is 1. The lowest BCUT2D eigenvalue weighted by atomic mass is 9.98. The van der Waals surface area contributed by atoms with E-state index in [0.717, 1.165) is 6.54 Å². The number of nitrogens with zero attached hydrogens (tertiary/aromatic N) is 3. The second-order valence-electron chi connectivity index (χ2n) is 6.47. The molecule has 4 heteroatoms. The average Bonchev–Trinajstić information content (AvgIpc) is 3.15. The number of methoxy groups -OCH3 is 1. The van der Waals surface area contributed by atoms with Crippen LogP contribution in [0, 0.1) is 0 Å². The zero-order valence-corrected chi connectivity index (χ0v) is 13.1. The minimum Gasteiger partial charge on any atom is -0.381 e. The number of rotatable bonds is 4. The van der Waals surface area contributed by atoms with Gasteiger partial charge < -0.3 is 4.74 Å². The first kappa shape index (κ1) is 14.0. The normalized spacial score (nSPS) is 28.1. The van der Waals surface area contributed by atoms with Crippen molar-refractivity contribution < 1.29 is 4.74 Å². The average molecular weight is 297 g/mol. The fourth-order valence-electron chi connectivity index (χ4n) is 4.15. The highest BCUT2D eigenvalue weighted by atomic mass is 16.5. The molecule has 3 heterocycles. The minimum atomic E-state index is 0.454. The van der Waals surface area contributed by atoms with Gasteiger partial charge in [-0.1, -0.05) is 18.2 Å². The lowest BCUT2D eigenvalue weighted by Crippen LogP contribution is -2.44. The Hall–Kier alpha value is -1.65. The molecule has 2 fully saturated rings. The van der Waals surface area contributed by atoms with E-state index in [1.54, 1.807) is 0 Å². The fraction of sp³-hybridized carbons (Fsp3) is 0.500. The van der Waals surface area contributed by atoms with Gasteiger partial charge in [-0.05, 0) is 43.4 Å². The summed E-state index contributed by atoms with van der Waals surface area (Å²) in [6.07, 6.45) is 9.29. The molecule has 4 nitrogen and oxygen atoms in total. The van der Waals surface area contributed by atoms with Crippen LogP contribution in [-0.4, -0.2) is 40.0 Å². The molecule has 0 amide bonds. The van der Waals surface area contributed by atoms with Crippen molar-refractivity contribution in [1.82, 2.24) is 14.7 Å². The van der Waals surface area contributed by atoms with Crippen molar-refractivity contribution in [3.05, 3.63) is 48.3 Å². The number of hydrogen-bond donors (Lipinski definition) is 0. The van der Waals surface area contributed by atoms with E-state index < -0.39 is 0 Å². The monoisotopic (exact) mass is 297 g/mol. The van der Waals surface area contributed by atoms with Gasteiger partial charge in [-0.25, -0.2) is 4.68 Å². The Labute approximate surface area is 131 Å². The number of piperidine rings is 1. The molecule has 4 rings (SSSR count). The Kier molecular flexibility index (Phi) is 3.72. The molecule has 1 aromatic carbocycles. The predicted octanol–water partition coefficient (Wildman–Crippen LogP) is 3.01. The number of fused-ring (bicyclic) bond motifs is 2. The Balaban J connectivity index is 1.58. The summed E-state index contributed by atoms with van der Waals surface area (Å²) in [6, 6.07) is 11.9. The molecular weight excluding hydrogens is 274 g/mol. The number of ether oxygens (including phenoxy) is 1. The Bertz CT molecular complexity index is 611. The zero-order valence-electron chi connectivity index (χ0n) is 13.1. The topological polar surface area (TPSA) is 30.3 Å². The molecule has 2 aliphatic rings. The third-order valence-corrected chi connectivity index (χ3v) is 5.27. The standard InChI is InChI=1S/C18H23N3O/c1-22-17-11-15-7-8-16(12-17)20(15)13-14-5-2-3-6-18(14)21-10-4-9-19-21/h2-6,9-10,15-17H,7-8,11-13H2,1H3/t15-,16+,17?. The second-order valence-corrected chi connectivity index (χ2v) is 6.47. The Morgan fingerprint density at radius 1 is 1.14 bits per heavy atom. The van der Waals surface area contributed by atoms with Crippen LogP contribution in [0.5, 0.6) is 0 Å². The maximum atomic E-state index is 5.61. The molecule has 0 spiro atoms. The van der Waals surface area contributed by atoms with Gasteiger partial charge in [0.05, 0.1) is 11.8 Å². The molecule has 0 radical (unpaired) electrons. The molecular formula is C18H23N3O. The van der Waals surface area contributed by atoms with E-state index in [2.05, 4.69) is 34.3 Å². The summed E-state index contributed by atoms with van der Waals surface area (Å²) < 4.78 is 7.58. The predicted molar refractivity (Wildman–Crippen MR) is 85.9 cm³/mol. The van der Waals surface area contributed by atoms with Gasteiger partial charge in [-0.15, -0.1) is 0 Å². The fourth-order valence-corrected chi connectivity index (χ4v) is 4.15. The maximum Gasteiger partial charge on any atom is 0.0690 e. The van der Waals surface area contributed by atoms with Crippen molar-refractivity contribution in [3.8, 4) is 5.69 Å². The van der Waals surface area contributed by atoms with Crippen LogP contribution < -0.4 is 0 Å². The Morgan fingerprint density at radius 2 is 1.91 bits per heavy atom. The Morgan fingerprint density at radius 3 is 2.59 bits per heavy atom. The molecule has 0 aliphatic carbocycles. The van der Waals surface area contributed by atoms with E-state index >= 15 is 0 Å². The molecule has 2 aromatic rings. The number of hydrogen-bond acceptors (Lipinski definition) is 3. The van der Waals surface area contributed by atoms with Crippen LogP contribution in [-0.2, 0) is 11.3 Å². The summed E-state index contributed by atoms with van der Waals surface area (Å²) in [7, 11) is 1.85. The van der Waals surface area contributed by atoms with Crippen molar-refractivity contribution in [3.63, 3.8) is 0 Å². The van der Waals surface area contributed by atoms with Crippen molar-refractivity contribution in [2.24, 2.45) is 0 Å². The first-order chi connectivity index (χ1) is 10.8. The summed E-state index contributed by atoms with van der Waals surface area (Å²) >= 11 is 0. The van der Waals surface area contributed by atoms with E-state index in [4.69, 9.17) is 4.74 Å². The second kappa shape index (κ2) is 5.86. The SMILES string of the molecule is COC1C[C@H]2CC[C@@H](C1)N2Cc1ccccc1-n1cccn1. The highest BCUT2D eigenvalue weighted by Gasteiger charge is 2.40. The van der Waals surface area contributed by atoms with Crippen LogP contribution in [0.15, 0.2) is 42.7 Å². The van der Waals surface area contributed by atoms with Crippen LogP contribution in [0.25, 0.3) is 5.69 Å². The van der Waals surface area contributed by atoms with Gasteiger partial charge in [0.25, 0.3) is 0 Å². The van der Waals surface area contributed by atoms with E-state index in [1.165, 1.54) is 36.9 Å². The molecule has 116 valence electrons. The van der Waals surface area contributed by atoms with Crippen molar-refractivity contribution in [1.29, 1.82) is 0 Å². The smallest absolute Gasteiger partial charge is 0.0690 e. The number of benzene rings is 1. The van der Waals surface area contributed by atoms with Crippen LogP contribution in [0.4, 0.5) is 0 Å². The third kappa shape index (κ3) is 2.46. The lowest BCUT2D eigenvalue weighted by Gasteiger charge is -2.38. The van der Waals surface area contributed by atoms with Gasteiger partial charge in [0.15, 0.2) is 0 Å². The highest BCUT2D eigenvalue weighted by molar-refractivity contribution is 5.40. The molecule has 2 bridgehead atoms. The summed E-state index contributed by atoms with van der Waals surface area (Å²) in [5, 5.41) is 4.40. The van der Waals surface area contributed by atoms with Gasteiger partial charge in [-0.3, -0.25) is 4.90 Å². The summed E-state index contributed by atoms with van der Waals surface area (Å²) in [5.41, 5.74) is 2.56. The molecule has 0 N–H and O–H groups in total. The first-order valence-electron chi connectivity index (χ1n) is 8.21. The zero-order chi connectivity index (χ0) is 14.9. The van der Waals surface area contributed by atoms with Crippen molar-refractivity contribution in [2.75, 3.05) is 7.11 Å². The minimum absolute atomic E-state index is 0.454. The molecule has 2 aliphatic heterocycles. The molecule has 22 heavy (non-hydrogen) atoms. The number of aromatic nitrogens is 2. The van der Waals surface area contributed by atoms with E-state index in [-0.39, 0.29) is 0 Å². The van der Waals surface area contributed by atoms with Gasteiger partial charge in [0.2, 0.25) is 0 Å². The van der Waals surface area contributed by atoms with Gasteiger partial charge in [0.1, 0.15) is 0 Å². The van der Waals surface area contributed by atoms with Crippen molar-refractivity contribution in [2.45, 2.75) is 50.4 Å². The van der Waals surface area contributed by atoms with Gasteiger partial charge >= 0.3 is 0 Å². The third-order valence-electron chi connectivity index (χ3n) is 5.27. The molecule has 1 unspecified atom stereocenters. The van der Waals surface area contributed by atoms with E-state index in [9.17, 15) is 0 Å². The van der Waals surface area contributed by atoms with Crippen LogP contribution >= 0.6 is 0 Å². The van der Waals surface area contributed by atoms with Crippen LogP contribution in [0.1, 0.15) is 31.2 Å². The molecule has 3 atom stereocenters. The van der Waals surface area contributed by atoms with E-state index in [1.807, 2.05) is 30.3 Å². The molecule has 2 saturated heterocycles. The lowest BCUT2D eigenvalue weighted by molar-refractivity contribution is 0.00251. The summed E-state index contributed by atoms with van der Waals surface area (Å²) in [6.45, 7) is 1.02. The van der Waals surface area contributed by atoms with Crippen LogP contribution in [0.2, 0.25) is 0 Å². The molecule has 1 aromatic heterocycles. The quantitative estimate of drug-likeness (QED) is 0.869. The summed E-state index contributed by atoms with van der Waals surface area (Å²) in [5.74, 6) is 0. The van der Waals surface area contributed by atoms with Crippen LogP contribution in [0.3, 0.4) is 0 Å². The maximum absolute atomic E-state index is 5.61. The largest absolute Gasteiger partial charge is 0.381 e. The van der Waals surface area contributed by atoms with Crippen molar-refractivity contribution >= 4 is 0 Å². The highest BCUT2D eigenvalue weighted by Crippen LogP contribution is 2.38. The molecule has 0 saturated carbocycles. The van der Waals surface area contributed by atoms with E-state index in [0.29, 0.717) is 18.2 Å². The first-order valence-corrected chi connectivity index (χ1v) is 8.21.